The maximum Gasteiger partial charge on any atom is 0.419 e. The monoisotopic (exact) mass is 601 g/mol. The number of rotatable bonds is 10. The molecule has 2 N–H and O–H groups in total. The molecule has 1 aliphatic rings. The molecule has 1 fully saturated rings. The van der Waals surface area contributed by atoms with Crippen molar-refractivity contribution >= 4 is 17.9 Å². The Morgan fingerprint density at radius 1 is 1.00 bits per heavy atom. The van der Waals surface area contributed by atoms with Gasteiger partial charge in [0.15, 0.2) is 0 Å². The average molecular weight is 602 g/mol. The second-order valence-electron chi connectivity index (χ2n) is 12.9. The van der Waals surface area contributed by atoms with E-state index >= 15 is 0 Å². The molecule has 42 heavy (non-hydrogen) atoms. The second-order valence-corrected chi connectivity index (χ2v) is 12.9. The molecule has 1 heterocycles. The first-order chi connectivity index (χ1) is 19.3. The molecule has 9 nitrogen and oxygen atoms in total. The van der Waals surface area contributed by atoms with Crippen molar-refractivity contribution in [3.63, 3.8) is 0 Å². The van der Waals surface area contributed by atoms with Gasteiger partial charge in [0.25, 0.3) is 11.8 Å². The minimum absolute atomic E-state index is 0.126. The van der Waals surface area contributed by atoms with Gasteiger partial charge in [-0.15, -0.1) is 0 Å². The highest BCUT2D eigenvalue weighted by Gasteiger charge is 2.56. The summed E-state index contributed by atoms with van der Waals surface area (Å²) in [4.78, 5) is 40.5. The highest BCUT2D eigenvalue weighted by Crippen LogP contribution is 2.39. The highest BCUT2D eigenvalue weighted by molar-refractivity contribution is 5.97. The summed E-state index contributed by atoms with van der Waals surface area (Å²) in [6.45, 7) is 14.1. The van der Waals surface area contributed by atoms with Gasteiger partial charge in [0.2, 0.25) is 0 Å². The Kier molecular flexibility index (Phi) is 11.7. The topological polar surface area (TPSA) is 106 Å². The zero-order chi connectivity index (χ0) is 31.9. The fraction of sp³-hybridized carbons (Fsp3) is 0.700. The first kappa shape index (κ1) is 35.2. The van der Waals surface area contributed by atoms with E-state index in [1.165, 1.54) is 17.9 Å². The maximum atomic E-state index is 13.8. The number of ether oxygens (including phenoxy) is 3. The largest absolute Gasteiger partial charge is 0.493 e. The van der Waals surface area contributed by atoms with Crippen molar-refractivity contribution in [2.24, 2.45) is 5.41 Å². The first-order valence-corrected chi connectivity index (χ1v) is 14.4. The summed E-state index contributed by atoms with van der Waals surface area (Å²) in [5, 5.41) is 0. The van der Waals surface area contributed by atoms with Gasteiger partial charge in [0.1, 0.15) is 23.1 Å². The zero-order valence-electron chi connectivity index (χ0n) is 26.0. The summed E-state index contributed by atoms with van der Waals surface area (Å²) < 4.78 is 58.2. The number of hydrogen-bond donors (Lipinski definition) is 2. The van der Waals surface area contributed by atoms with Gasteiger partial charge >= 0.3 is 12.3 Å². The number of carbonyl (C=O) groups excluding carboxylic acids is 3. The third kappa shape index (κ3) is 9.50. The SMILES string of the molecule is CCCCCCCCOc1ccc(C(=O)NNC(=O)[C@]2(C)CO[C@H](C(C)(C)C)N2C(=O)OC(C)(C)C)cc1C(F)(F)F. The molecule has 238 valence electrons. The van der Waals surface area contributed by atoms with E-state index in [9.17, 15) is 27.6 Å². The molecule has 0 unspecified atom stereocenters. The Labute approximate surface area is 246 Å². The van der Waals surface area contributed by atoms with E-state index in [2.05, 4.69) is 17.8 Å². The van der Waals surface area contributed by atoms with Gasteiger partial charge < -0.3 is 14.2 Å². The van der Waals surface area contributed by atoms with Crippen LogP contribution in [0.4, 0.5) is 18.0 Å². The van der Waals surface area contributed by atoms with Crippen LogP contribution in [0.2, 0.25) is 0 Å². The number of benzene rings is 1. The number of carbonyl (C=O) groups is 3. The zero-order valence-corrected chi connectivity index (χ0v) is 26.0. The molecule has 1 aromatic rings. The summed E-state index contributed by atoms with van der Waals surface area (Å²) in [6.07, 6.45) is -0.603. The van der Waals surface area contributed by atoms with E-state index in [1.807, 2.05) is 20.8 Å². The Bertz CT molecular complexity index is 1100. The molecular weight excluding hydrogens is 555 g/mol. The van der Waals surface area contributed by atoms with Crippen LogP contribution >= 0.6 is 0 Å². The van der Waals surface area contributed by atoms with E-state index < -0.39 is 52.4 Å². The second kappa shape index (κ2) is 14.0. The molecule has 0 bridgehead atoms. The number of nitrogens with zero attached hydrogens (tertiary/aromatic N) is 1. The van der Waals surface area contributed by atoms with Gasteiger partial charge in [-0.3, -0.25) is 25.3 Å². The Morgan fingerprint density at radius 3 is 2.19 bits per heavy atom. The van der Waals surface area contributed by atoms with Crippen LogP contribution in [-0.2, 0) is 20.4 Å². The van der Waals surface area contributed by atoms with Crippen LogP contribution in [-0.4, -0.2) is 53.4 Å². The van der Waals surface area contributed by atoms with Crippen molar-refractivity contribution in [1.29, 1.82) is 0 Å². The first-order valence-electron chi connectivity index (χ1n) is 14.4. The van der Waals surface area contributed by atoms with Gasteiger partial charge in [-0.2, -0.15) is 13.2 Å². The quantitative estimate of drug-likeness (QED) is 0.231. The highest BCUT2D eigenvalue weighted by atomic mass is 19.4. The van der Waals surface area contributed by atoms with Crippen molar-refractivity contribution in [1.82, 2.24) is 15.8 Å². The summed E-state index contributed by atoms with van der Waals surface area (Å²) in [5.41, 5.74) is -0.0596. The molecule has 1 saturated heterocycles. The van der Waals surface area contributed by atoms with Gasteiger partial charge in [-0.1, -0.05) is 59.8 Å². The third-order valence-electron chi connectivity index (χ3n) is 6.70. The predicted molar refractivity (Wildman–Crippen MR) is 152 cm³/mol. The minimum Gasteiger partial charge on any atom is -0.493 e. The summed E-state index contributed by atoms with van der Waals surface area (Å²) in [7, 11) is 0. The van der Waals surface area contributed by atoms with Crippen molar-refractivity contribution in [3.05, 3.63) is 29.3 Å². The standard InChI is InChI=1S/C30H46F3N3O6/c1-9-10-11-12-13-14-17-40-22-16-15-20(18-21(22)30(31,32)33)23(37)34-35-24(38)29(8)19-41-25(27(2,3)4)36(29)26(39)42-28(5,6)7/h15-16,18,25H,9-14,17,19H2,1-8H3,(H,34,37)(H,35,38)/t25-,29+/m1/s1. The fourth-order valence-electron chi connectivity index (χ4n) is 4.47. The van der Waals surface area contributed by atoms with Crippen LogP contribution in [0.15, 0.2) is 18.2 Å². The van der Waals surface area contributed by atoms with Crippen molar-refractivity contribution < 1.29 is 41.8 Å². The number of alkyl halides is 3. The predicted octanol–water partition coefficient (Wildman–Crippen LogP) is 6.60. The molecule has 12 heteroatoms. The third-order valence-corrected chi connectivity index (χ3v) is 6.70. The molecular formula is C30H46F3N3O6. The molecule has 0 spiro atoms. The van der Waals surface area contributed by atoms with Gasteiger partial charge in [0, 0.05) is 11.0 Å². The average Bonchev–Trinajstić information content (AvgIpc) is 3.24. The lowest BCUT2D eigenvalue weighted by Crippen LogP contribution is -2.63. The molecule has 0 saturated carbocycles. The molecule has 0 radical (unpaired) electrons. The number of hydrazine groups is 1. The summed E-state index contributed by atoms with van der Waals surface area (Å²) in [5.74, 6) is -2.15. The van der Waals surface area contributed by atoms with Crippen LogP contribution in [0.1, 0.15) is 110 Å². The van der Waals surface area contributed by atoms with E-state index in [-0.39, 0.29) is 24.5 Å². The Morgan fingerprint density at radius 2 is 1.62 bits per heavy atom. The number of unbranched alkanes of at least 4 members (excludes halogenated alkanes) is 5. The van der Waals surface area contributed by atoms with Crippen LogP contribution in [0.3, 0.4) is 0 Å². The fourth-order valence-corrected chi connectivity index (χ4v) is 4.47. The summed E-state index contributed by atoms with van der Waals surface area (Å²) >= 11 is 0. The van der Waals surface area contributed by atoms with Crippen LogP contribution in [0.5, 0.6) is 5.75 Å². The molecule has 1 aliphatic heterocycles. The van der Waals surface area contributed by atoms with Gasteiger partial charge in [-0.05, 0) is 52.3 Å². The lowest BCUT2D eigenvalue weighted by atomic mass is 9.91. The number of nitrogens with one attached hydrogen (secondary N) is 2. The smallest absolute Gasteiger partial charge is 0.419 e. The number of hydrogen-bond acceptors (Lipinski definition) is 6. The molecule has 0 aromatic heterocycles. The lowest BCUT2D eigenvalue weighted by Gasteiger charge is -2.40. The number of amides is 3. The van der Waals surface area contributed by atoms with Crippen LogP contribution in [0, 0.1) is 5.41 Å². The Balaban J connectivity index is 2.14. The van der Waals surface area contributed by atoms with E-state index in [0.29, 0.717) is 12.5 Å². The van der Waals surface area contributed by atoms with E-state index in [0.717, 1.165) is 38.2 Å². The van der Waals surface area contributed by atoms with Gasteiger partial charge in [-0.25, -0.2) is 4.79 Å². The Hall–Kier alpha value is -3.02. The maximum absolute atomic E-state index is 13.8. The van der Waals surface area contributed by atoms with Crippen molar-refractivity contribution in [3.8, 4) is 5.75 Å². The lowest BCUT2D eigenvalue weighted by molar-refractivity contribution is -0.139. The normalized spacial score (nSPS) is 19.4. The molecule has 2 rings (SSSR count). The van der Waals surface area contributed by atoms with Crippen molar-refractivity contribution in [2.45, 2.75) is 117 Å². The van der Waals surface area contributed by atoms with Crippen molar-refractivity contribution in [2.75, 3.05) is 13.2 Å². The van der Waals surface area contributed by atoms with Crippen LogP contribution < -0.4 is 15.6 Å². The van der Waals surface area contributed by atoms with Gasteiger partial charge in [0.05, 0.1) is 18.8 Å². The molecule has 1 aromatic carbocycles. The number of halogens is 3. The molecule has 3 amide bonds. The molecule has 2 atom stereocenters. The summed E-state index contributed by atoms with van der Waals surface area (Å²) in [6, 6.07) is 2.97. The van der Waals surface area contributed by atoms with Crippen LogP contribution in [0.25, 0.3) is 0 Å². The molecule has 0 aliphatic carbocycles. The van der Waals surface area contributed by atoms with E-state index in [4.69, 9.17) is 14.2 Å². The van der Waals surface area contributed by atoms with E-state index in [1.54, 1.807) is 20.8 Å². The minimum atomic E-state index is -4.76.